The molecule has 0 fully saturated rings. The van der Waals surface area contributed by atoms with Gasteiger partial charge in [0, 0.05) is 28.7 Å². The number of imidazole rings is 1. The number of aromatic nitrogens is 2. The van der Waals surface area contributed by atoms with Crippen LogP contribution in [-0.2, 0) is 6.61 Å². The van der Waals surface area contributed by atoms with Crippen LogP contribution in [0.1, 0.15) is 16.1 Å². The lowest BCUT2D eigenvalue weighted by Crippen LogP contribution is -2.11. The van der Waals surface area contributed by atoms with E-state index in [2.05, 4.69) is 10.3 Å². The Balaban J connectivity index is 1.38. The van der Waals surface area contributed by atoms with Crippen LogP contribution < -0.4 is 10.1 Å². The summed E-state index contributed by atoms with van der Waals surface area (Å²) in [5.74, 6) is 0.468. The Morgan fingerprint density at radius 3 is 2.70 bits per heavy atom. The normalized spacial score (nSPS) is 10.7. The summed E-state index contributed by atoms with van der Waals surface area (Å²) in [6, 6.07) is 19.8. The van der Waals surface area contributed by atoms with Gasteiger partial charge in [0.2, 0.25) is 0 Å². The highest BCUT2D eigenvalue weighted by atomic mass is 35.5. The molecule has 0 radical (unpaired) electrons. The van der Waals surface area contributed by atoms with Gasteiger partial charge in [-0.05, 0) is 54.6 Å². The minimum atomic E-state index is -0.204. The SMILES string of the molecule is O=C(Nc1cccc(Cl)c1)c1ccc(OCc2cn3ccccc3n2)cc1. The summed E-state index contributed by atoms with van der Waals surface area (Å²) in [5, 5.41) is 3.39. The fourth-order valence-corrected chi connectivity index (χ4v) is 2.88. The molecule has 0 saturated carbocycles. The average molecular weight is 378 g/mol. The molecule has 27 heavy (non-hydrogen) atoms. The van der Waals surface area contributed by atoms with Crippen molar-refractivity contribution in [2.75, 3.05) is 5.32 Å². The topological polar surface area (TPSA) is 55.6 Å². The van der Waals surface area contributed by atoms with E-state index in [0.717, 1.165) is 11.3 Å². The first-order chi connectivity index (χ1) is 13.2. The Bertz CT molecular complexity index is 1060. The van der Waals surface area contributed by atoms with Crippen molar-refractivity contribution in [3.05, 3.63) is 95.4 Å². The maximum atomic E-state index is 12.3. The summed E-state index contributed by atoms with van der Waals surface area (Å²) in [7, 11) is 0. The molecule has 0 bridgehead atoms. The number of amides is 1. The molecule has 2 heterocycles. The maximum absolute atomic E-state index is 12.3. The molecular weight excluding hydrogens is 362 g/mol. The molecule has 0 aliphatic rings. The van der Waals surface area contributed by atoms with Crippen LogP contribution in [0.5, 0.6) is 5.75 Å². The van der Waals surface area contributed by atoms with Crippen LogP contribution in [-0.4, -0.2) is 15.3 Å². The van der Waals surface area contributed by atoms with Crippen LogP contribution in [0.2, 0.25) is 5.02 Å². The molecule has 5 nitrogen and oxygen atoms in total. The van der Waals surface area contributed by atoms with Crippen molar-refractivity contribution in [3.8, 4) is 5.75 Å². The molecule has 2 aromatic carbocycles. The molecule has 4 aromatic rings. The van der Waals surface area contributed by atoms with E-state index in [1.165, 1.54) is 0 Å². The number of carbonyl (C=O) groups is 1. The number of anilines is 1. The highest BCUT2D eigenvalue weighted by molar-refractivity contribution is 6.30. The fraction of sp³-hybridized carbons (Fsp3) is 0.0476. The predicted octanol–water partition coefficient (Wildman–Crippen LogP) is 4.82. The first kappa shape index (κ1) is 17.1. The molecule has 6 heteroatoms. The highest BCUT2D eigenvalue weighted by Crippen LogP contribution is 2.18. The van der Waals surface area contributed by atoms with Crippen molar-refractivity contribution in [1.29, 1.82) is 0 Å². The Morgan fingerprint density at radius 1 is 1.07 bits per heavy atom. The molecule has 0 saturated heterocycles. The van der Waals surface area contributed by atoms with Crippen LogP contribution in [0.3, 0.4) is 0 Å². The molecule has 0 spiro atoms. The van der Waals surface area contributed by atoms with Crippen LogP contribution in [0.15, 0.2) is 79.1 Å². The Labute approximate surface area is 161 Å². The fourth-order valence-electron chi connectivity index (χ4n) is 2.69. The number of pyridine rings is 1. The average Bonchev–Trinajstić information content (AvgIpc) is 3.10. The number of halogens is 1. The Hall–Kier alpha value is -3.31. The molecule has 0 aliphatic heterocycles. The van der Waals surface area contributed by atoms with Gasteiger partial charge in [-0.25, -0.2) is 4.98 Å². The number of hydrogen-bond donors (Lipinski definition) is 1. The lowest BCUT2D eigenvalue weighted by atomic mass is 10.2. The first-order valence-corrected chi connectivity index (χ1v) is 8.77. The summed E-state index contributed by atoms with van der Waals surface area (Å²) >= 11 is 5.93. The molecule has 1 amide bonds. The minimum Gasteiger partial charge on any atom is -0.487 e. The number of rotatable bonds is 5. The quantitative estimate of drug-likeness (QED) is 0.542. The molecule has 0 atom stereocenters. The van der Waals surface area contributed by atoms with E-state index in [4.69, 9.17) is 16.3 Å². The predicted molar refractivity (Wildman–Crippen MR) is 105 cm³/mol. The maximum Gasteiger partial charge on any atom is 0.255 e. The zero-order valence-corrected chi connectivity index (χ0v) is 15.1. The monoisotopic (exact) mass is 377 g/mol. The van der Waals surface area contributed by atoms with Crippen molar-refractivity contribution in [1.82, 2.24) is 9.38 Å². The van der Waals surface area contributed by atoms with E-state index in [1.807, 2.05) is 35.0 Å². The Morgan fingerprint density at radius 2 is 1.93 bits per heavy atom. The van der Waals surface area contributed by atoms with E-state index >= 15 is 0 Å². The lowest BCUT2D eigenvalue weighted by Gasteiger charge is -2.07. The summed E-state index contributed by atoms with van der Waals surface area (Å²) in [5.41, 5.74) is 2.91. The molecule has 134 valence electrons. The first-order valence-electron chi connectivity index (χ1n) is 8.40. The molecule has 4 rings (SSSR count). The molecule has 2 aromatic heterocycles. The summed E-state index contributed by atoms with van der Waals surface area (Å²) in [4.78, 5) is 16.8. The van der Waals surface area contributed by atoms with Gasteiger partial charge in [0.1, 0.15) is 18.0 Å². The number of benzene rings is 2. The van der Waals surface area contributed by atoms with Crippen LogP contribution in [0.25, 0.3) is 5.65 Å². The van der Waals surface area contributed by atoms with E-state index in [0.29, 0.717) is 28.6 Å². The van der Waals surface area contributed by atoms with Gasteiger partial charge in [-0.2, -0.15) is 0 Å². The van der Waals surface area contributed by atoms with Gasteiger partial charge in [-0.3, -0.25) is 4.79 Å². The molecule has 0 unspecified atom stereocenters. The number of nitrogens with zero attached hydrogens (tertiary/aromatic N) is 2. The summed E-state index contributed by atoms with van der Waals surface area (Å²) < 4.78 is 7.71. The van der Waals surface area contributed by atoms with Crippen molar-refractivity contribution in [2.45, 2.75) is 6.61 Å². The van der Waals surface area contributed by atoms with Crippen molar-refractivity contribution in [2.24, 2.45) is 0 Å². The largest absolute Gasteiger partial charge is 0.487 e. The van der Waals surface area contributed by atoms with E-state index in [-0.39, 0.29) is 5.91 Å². The summed E-state index contributed by atoms with van der Waals surface area (Å²) in [6.07, 6.45) is 3.88. The van der Waals surface area contributed by atoms with Gasteiger partial charge < -0.3 is 14.5 Å². The van der Waals surface area contributed by atoms with Crippen LogP contribution in [0.4, 0.5) is 5.69 Å². The number of nitrogens with one attached hydrogen (secondary N) is 1. The van der Waals surface area contributed by atoms with Crippen molar-refractivity contribution >= 4 is 28.8 Å². The van der Waals surface area contributed by atoms with Gasteiger partial charge in [-0.15, -0.1) is 0 Å². The zero-order valence-electron chi connectivity index (χ0n) is 14.3. The van der Waals surface area contributed by atoms with Crippen molar-refractivity contribution < 1.29 is 9.53 Å². The highest BCUT2D eigenvalue weighted by Gasteiger charge is 2.07. The van der Waals surface area contributed by atoms with Crippen LogP contribution in [0, 0.1) is 0 Å². The van der Waals surface area contributed by atoms with E-state index in [9.17, 15) is 4.79 Å². The van der Waals surface area contributed by atoms with Gasteiger partial charge in [-0.1, -0.05) is 23.7 Å². The smallest absolute Gasteiger partial charge is 0.255 e. The van der Waals surface area contributed by atoms with Gasteiger partial charge in [0.25, 0.3) is 5.91 Å². The minimum absolute atomic E-state index is 0.204. The molecule has 1 N–H and O–H groups in total. The second-order valence-corrected chi connectivity index (χ2v) is 6.41. The zero-order chi connectivity index (χ0) is 18.6. The number of hydrogen-bond acceptors (Lipinski definition) is 3. The Kier molecular flexibility index (Phi) is 4.77. The standard InChI is InChI=1S/C21H16ClN3O2/c22-16-4-3-5-17(12-16)24-21(26)15-7-9-19(10-8-15)27-14-18-13-25-11-2-1-6-20(25)23-18/h1-13H,14H2,(H,24,26). The summed E-state index contributed by atoms with van der Waals surface area (Å²) in [6.45, 7) is 0.357. The van der Waals surface area contributed by atoms with Crippen LogP contribution >= 0.6 is 11.6 Å². The van der Waals surface area contributed by atoms with Gasteiger partial charge in [0.15, 0.2) is 0 Å². The number of ether oxygens (including phenoxy) is 1. The third kappa shape index (κ3) is 4.10. The second-order valence-electron chi connectivity index (χ2n) is 5.98. The number of fused-ring (bicyclic) bond motifs is 1. The van der Waals surface area contributed by atoms with E-state index in [1.54, 1.807) is 48.5 Å². The second kappa shape index (κ2) is 7.51. The molecular formula is C21H16ClN3O2. The third-order valence-electron chi connectivity index (χ3n) is 4.00. The molecule has 0 aliphatic carbocycles. The van der Waals surface area contributed by atoms with Gasteiger partial charge >= 0.3 is 0 Å². The third-order valence-corrected chi connectivity index (χ3v) is 4.23. The number of carbonyl (C=O) groups excluding carboxylic acids is 1. The van der Waals surface area contributed by atoms with Crippen molar-refractivity contribution in [3.63, 3.8) is 0 Å². The van der Waals surface area contributed by atoms with E-state index < -0.39 is 0 Å². The van der Waals surface area contributed by atoms with Gasteiger partial charge in [0.05, 0.1) is 5.69 Å². The lowest BCUT2D eigenvalue weighted by molar-refractivity contribution is 0.102.